The number of ether oxygens (including phenoxy) is 1. The molecule has 9 nitrogen and oxygen atoms in total. The third kappa shape index (κ3) is 5.42. The first-order chi connectivity index (χ1) is 19.7. The van der Waals surface area contributed by atoms with Crippen molar-refractivity contribution in [2.75, 3.05) is 25.0 Å². The topological polar surface area (TPSA) is 85.4 Å². The number of piperidine rings is 1. The number of nitrogens with one attached hydrogen (secondary N) is 1. The van der Waals surface area contributed by atoms with Gasteiger partial charge in [-0.05, 0) is 61.9 Å². The Morgan fingerprint density at radius 1 is 0.925 bits per heavy atom. The predicted molar refractivity (Wildman–Crippen MR) is 155 cm³/mol. The highest BCUT2D eigenvalue weighted by Gasteiger charge is 2.31. The van der Waals surface area contributed by atoms with Crippen molar-refractivity contribution in [3.63, 3.8) is 0 Å². The van der Waals surface area contributed by atoms with E-state index >= 15 is 0 Å². The Labute approximate surface area is 233 Å². The Bertz CT molecular complexity index is 1600. The van der Waals surface area contributed by atoms with E-state index in [9.17, 15) is 0 Å². The van der Waals surface area contributed by atoms with Crippen LogP contribution in [0.2, 0.25) is 0 Å². The molecule has 5 aromatic rings. The number of aromatic nitrogens is 6. The van der Waals surface area contributed by atoms with Crippen LogP contribution in [0.4, 0.5) is 5.82 Å². The van der Waals surface area contributed by atoms with Gasteiger partial charge in [-0.25, -0.2) is 15.0 Å². The molecule has 1 aliphatic carbocycles. The Morgan fingerprint density at radius 3 is 2.55 bits per heavy atom. The molecule has 0 amide bonds. The largest absolute Gasteiger partial charge is 0.493 e. The number of pyridine rings is 1. The first kappa shape index (κ1) is 24.8. The zero-order valence-corrected chi connectivity index (χ0v) is 22.8. The molecular formula is C31H34N8O. The molecule has 1 aromatic carbocycles. The molecule has 1 saturated heterocycles. The molecular weight excluding hydrogens is 500 g/mol. The minimum Gasteiger partial charge on any atom is -0.493 e. The van der Waals surface area contributed by atoms with E-state index in [4.69, 9.17) is 4.74 Å². The van der Waals surface area contributed by atoms with Gasteiger partial charge in [0.2, 0.25) is 0 Å². The molecule has 1 N–H and O–H groups in total. The molecule has 1 saturated carbocycles. The van der Waals surface area contributed by atoms with E-state index in [1.165, 1.54) is 44.3 Å². The van der Waals surface area contributed by atoms with Gasteiger partial charge < -0.3 is 15.0 Å². The van der Waals surface area contributed by atoms with Crippen LogP contribution in [0.5, 0.6) is 5.75 Å². The lowest BCUT2D eigenvalue weighted by molar-refractivity contribution is 0.136. The number of anilines is 1. The average Bonchev–Trinajstić information content (AvgIpc) is 3.62. The zero-order valence-electron chi connectivity index (χ0n) is 22.8. The quantitative estimate of drug-likeness (QED) is 0.283. The molecule has 204 valence electrons. The van der Waals surface area contributed by atoms with Gasteiger partial charge in [0.25, 0.3) is 0 Å². The van der Waals surface area contributed by atoms with E-state index in [0.717, 1.165) is 52.4 Å². The van der Waals surface area contributed by atoms with Crippen LogP contribution in [0, 0.1) is 5.92 Å². The Kier molecular flexibility index (Phi) is 6.65. The number of aryl methyl sites for hydroxylation is 1. The maximum Gasteiger partial charge on any atom is 0.140 e. The molecule has 40 heavy (non-hydrogen) atoms. The van der Waals surface area contributed by atoms with Gasteiger partial charge in [0.05, 0.1) is 30.4 Å². The summed E-state index contributed by atoms with van der Waals surface area (Å²) in [5.41, 5.74) is 6.00. The van der Waals surface area contributed by atoms with Gasteiger partial charge in [0, 0.05) is 49.7 Å². The smallest absolute Gasteiger partial charge is 0.140 e. The molecule has 0 atom stereocenters. The summed E-state index contributed by atoms with van der Waals surface area (Å²) in [4.78, 5) is 16.2. The fourth-order valence-electron chi connectivity index (χ4n) is 5.55. The highest BCUT2D eigenvalue weighted by Crippen LogP contribution is 2.31. The van der Waals surface area contributed by atoms with E-state index in [0.29, 0.717) is 12.5 Å². The number of nitrogens with zero attached hydrogens (tertiary/aromatic N) is 7. The van der Waals surface area contributed by atoms with Crippen LogP contribution < -0.4 is 10.1 Å². The van der Waals surface area contributed by atoms with E-state index in [1.807, 2.05) is 59.1 Å². The van der Waals surface area contributed by atoms with Crippen LogP contribution >= 0.6 is 0 Å². The summed E-state index contributed by atoms with van der Waals surface area (Å²) in [6.45, 7) is 3.87. The van der Waals surface area contributed by atoms with Crippen LogP contribution in [0.3, 0.4) is 0 Å². The number of likely N-dealkylation sites (tertiary alicyclic amines) is 1. The van der Waals surface area contributed by atoms with Crippen molar-refractivity contribution in [2.45, 2.75) is 38.3 Å². The van der Waals surface area contributed by atoms with Crippen molar-refractivity contribution in [1.82, 2.24) is 34.0 Å². The van der Waals surface area contributed by atoms with Gasteiger partial charge in [-0.3, -0.25) is 9.08 Å². The number of imidazole rings is 1. The summed E-state index contributed by atoms with van der Waals surface area (Å²) in [6.07, 6.45) is 14.6. The molecule has 9 heteroatoms. The molecule has 0 unspecified atom stereocenters. The molecule has 1 aliphatic heterocycles. The summed E-state index contributed by atoms with van der Waals surface area (Å²) in [5.74, 6) is 2.27. The van der Waals surface area contributed by atoms with Crippen molar-refractivity contribution in [2.24, 2.45) is 13.0 Å². The second-order valence-electron chi connectivity index (χ2n) is 11.0. The fraction of sp³-hybridized carbons (Fsp3) is 0.355. The van der Waals surface area contributed by atoms with Gasteiger partial charge >= 0.3 is 0 Å². The van der Waals surface area contributed by atoms with E-state index in [1.54, 1.807) is 6.33 Å². The van der Waals surface area contributed by atoms with Crippen LogP contribution in [0.15, 0.2) is 73.6 Å². The number of benzene rings is 1. The van der Waals surface area contributed by atoms with Crippen molar-refractivity contribution < 1.29 is 4.74 Å². The molecule has 4 aromatic heterocycles. The monoisotopic (exact) mass is 534 g/mol. The third-order valence-electron chi connectivity index (χ3n) is 8.08. The van der Waals surface area contributed by atoms with Gasteiger partial charge in [-0.1, -0.05) is 24.3 Å². The zero-order chi connectivity index (χ0) is 26.9. The molecule has 7 rings (SSSR count). The second kappa shape index (κ2) is 10.7. The van der Waals surface area contributed by atoms with Gasteiger partial charge in [0.1, 0.15) is 23.5 Å². The number of hydrogen-bond donors (Lipinski definition) is 1. The number of rotatable bonds is 9. The molecule has 0 radical (unpaired) electrons. The standard InChI is InChI=1S/C31H34N8O/c1-37-19-25(17-36-37)24-4-2-22(3-5-24)16-32-30-15-28(34-21-35-30)29-18-33-31-14-27(10-13-39(29)31)40-20-23-8-11-38(12-9-23)26-6-7-26/h2-5,10,13-15,17-19,21,23,26H,6-9,11-12,16,20H2,1H3,(H,32,34,35). The Balaban J connectivity index is 0.976. The maximum atomic E-state index is 6.19. The first-order valence-corrected chi connectivity index (χ1v) is 14.2. The van der Waals surface area contributed by atoms with E-state index in [-0.39, 0.29) is 0 Å². The van der Waals surface area contributed by atoms with Gasteiger partial charge in [-0.2, -0.15) is 5.10 Å². The van der Waals surface area contributed by atoms with Gasteiger partial charge in [0.15, 0.2) is 0 Å². The minimum absolute atomic E-state index is 0.632. The summed E-state index contributed by atoms with van der Waals surface area (Å²) in [5, 5.41) is 7.68. The highest BCUT2D eigenvalue weighted by atomic mass is 16.5. The van der Waals surface area contributed by atoms with E-state index < -0.39 is 0 Å². The predicted octanol–water partition coefficient (Wildman–Crippen LogP) is 5.06. The SMILES string of the molecule is Cn1cc(-c2ccc(CNc3cc(-c4cnc5cc(OCC6CCN(C7CC7)CC6)ccn45)ncn3)cc2)cn1. The maximum absolute atomic E-state index is 6.19. The second-order valence-corrected chi connectivity index (χ2v) is 11.0. The van der Waals surface area contributed by atoms with Crippen molar-refractivity contribution >= 4 is 11.5 Å². The van der Waals surface area contributed by atoms with Crippen molar-refractivity contribution in [1.29, 1.82) is 0 Å². The van der Waals surface area contributed by atoms with Crippen LogP contribution in [0.25, 0.3) is 28.2 Å². The highest BCUT2D eigenvalue weighted by molar-refractivity contribution is 5.64. The summed E-state index contributed by atoms with van der Waals surface area (Å²) < 4.78 is 10.1. The molecule has 0 bridgehead atoms. The number of hydrogen-bond acceptors (Lipinski definition) is 7. The Hall–Kier alpha value is -4.24. The van der Waals surface area contributed by atoms with E-state index in [2.05, 4.69) is 54.5 Å². The van der Waals surface area contributed by atoms with Crippen LogP contribution in [-0.2, 0) is 13.6 Å². The lowest BCUT2D eigenvalue weighted by Crippen LogP contribution is -2.36. The summed E-state index contributed by atoms with van der Waals surface area (Å²) in [6, 6.07) is 15.4. The fourth-order valence-corrected chi connectivity index (χ4v) is 5.55. The minimum atomic E-state index is 0.632. The molecule has 2 aliphatic rings. The third-order valence-corrected chi connectivity index (χ3v) is 8.08. The lowest BCUT2D eigenvalue weighted by atomic mass is 9.98. The number of fused-ring (bicyclic) bond motifs is 1. The first-order valence-electron chi connectivity index (χ1n) is 14.2. The van der Waals surface area contributed by atoms with Crippen LogP contribution in [-0.4, -0.2) is 59.8 Å². The molecule has 5 heterocycles. The van der Waals surface area contributed by atoms with Gasteiger partial charge in [-0.15, -0.1) is 0 Å². The summed E-state index contributed by atoms with van der Waals surface area (Å²) in [7, 11) is 1.93. The van der Waals surface area contributed by atoms with Crippen LogP contribution in [0.1, 0.15) is 31.2 Å². The molecule has 0 spiro atoms. The van der Waals surface area contributed by atoms with Crippen molar-refractivity contribution in [3.05, 3.63) is 79.1 Å². The lowest BCUT2D eigenvalue weighted by Gasteiger charge is -2.31. The normalized spacial score (nSPS) is 16.4. The summed E-state index contributed by atoms with van der Waals surface area (Å²) >= 11 is 0. The molecule has 2 fully saturated rings. The van der Waals surface area contributed by atoms with Crippen molar-refractivity contribution in [3.8, 4) is 28.3 Å². The average molecular weight is 535 g/mol. The Morgan fingerprint density at radius 2 is 1.77 bits per heavy atom.